The Morgan fingerprint density at radius 2 is 2.31 bits per heavy atom. The first-order valence-corrected chi connectivity index (χ1v) is 6.02. The largest absolute Gasteiger partial charge is 0.468 e. The molecule has 0 aliphatic carbocycles. The summed E-state index contributed by atoms with van der Waals surface area (Å²) in [5.74, 6) is 0.428. The van der Waals surface area contributed by atoms with Gasteiger partial charge in [0.2, 0.25) is 0 Å². The first-order valence-electron chi connectivity index (χ1n) is 4.06. The Hall–Kier alpha value is 0.260. The van der Waals surface area contributed by atoms with Crippen molar-refractivity contribution in [2.24, 2.45) is 0 Å². The Bertz CT molecular complexity index is 154. The monoisotopic (exact) mass is 270 g/mol. The zero-order valence-corrected chi connectivity index (χ0v) is 10.2. The third-order valence-corrected chi connectivity index (χ3v) is 3.98. The Morgan fingerprint density at radius 1 is 1.69 bits per heavy atom. The number of methoxy groups -OCH3 is 1. The van der Waals surface area contributed by atoms with Crippen LogP contribution in [0.25, 0.3) is 0 Å². The van der Waals surface area contributed by atoms with Gasteiger partial charge in [-0.25, -0.2) is 0 Å². The Labute approximate surface area is 91.4 Å². The number of alkyl halides is 1. The van der Waals surface area contributed by atoms with E-state index in [0.29, 0.717) is 11.0 Å². The van der Waals surface area contributed by atoms with Crippen LogP contribution in [-0.4, -0.2) is 40.6 Å². The highest BCUT2D eigenvalue weighted by atomic mass is 79.9. The molecule has 0 aliphatic rings. The van der Waals surface area contributed by atoms with Gasteiger partial charge in [0.15, 0.2) is 0 Å². The molecule has 5 heteroatoms. The summed E-state index contributed by atoms with van der Waals surface area (Å²) in [6.45, 7) is 2.22. The van der Waals surface area contributed by atoms with E-state index in [0.717, 1.165) is 6.42 Å². The average Bonchev–Trinajstić information content (AvgIpc) is 2.13. The number of rotatable bonds is 6. The maximum Gasteiger partial charge on any atom is 0.320 e. The summed E-state index contributed by atoms with van der Waals surface area (Å²) in [4.78, 5) is 10.7. The zero-order valence-electron chi connectivity index (χ0n) is 7.83. The number of aliphatic hydroxyl groups excluding tert-OH is 1. The molecule has 0 bridgehead atoms. The average molecular weight is 271 g/mol. The van der Waals surface area contributed by atoms with E-state index < -0.39 is 0 Å². The van der Waals surface area contributed by atoms with Gasteiger partial charge in [0.25, 0.3) is 0 Å². The Kier molecular flexibility index (Phi) is 7.80. The van der Waals surface area contributed by atoms with E-state index in [-0.39, 0.29) is 17.4 Å². The maximum absolute atomic E-state index is 11.0. The minimum atomic E-state index is -0.247. The van der Waals surface area contributed by atoms with Gasteiger partial charge in [0, 0.05) is 17.6 Å². The topological polar surface area (TPSA) is 46.5 Å². The van der Waals surface area contributed by atoms with Crippen molar-refractivity contribution in [3.63, 3.8) is 0 Å². The van der Waals surface area contributed by atoms with Crippen molar-refractivity contribution in [2.45, 2.75) is 23.4 Å². The molecule has 0 fully saturated rings. The lowest BCUT2D eigenvalue weighted by atomic mass is 10.3. The first kappa shape index (κ1) is 13.3. The van der Waals surface area contributed by atoms with Crippen molar-refractivity contribution in [3.05, 3.63) is 0 Å². The number of thioether (sulfide) groups is 1. The van der Waals surface area contributed by atoms with E-state index in [1.54, 1.807) is 11.8 Å². The SMILES string of the molecule is COC(=O)C(Br)CSC(C)CCO. The molecule has 2 unspecified atom stereocenters. The van der Waals surface area contributed by atoms with Crippen LogP contribution in [0.1, 0.15) is 13.3 Å². The third-order valence-electron chi connectivity index (χ3n) is 1.52. The number of carbonyl (C=O) groups excluding carboxylic acids is 1. The summed E-state index contributed by atoms with van der Waals surface area (Å²) in [6, 6.07) is 0. The summed E-state index contributed by atoms with van der Waals surface area (Å²) < 4.78 is 4.56. The molecular weight excluding hydrogens is 256 g/mol. The third kappa shape index (κ3) is 6.35. The van der Waals surface area contributed by atoms with E-state index in [9.17, 15) is 4.79 Å². The van der Waals surface area contributed by atoms with Crippen LogP contribution in [0, 0.1) is 0 Å². The summed E-state index contributed by atoms with van der Waals surface area (Å²) in [7, 11) is 1.37. The van der Waals surface area contributed by atoms with Gasteiger partial charge < -0.3 is 9.84 Å². The second kappa shape index (κ2) is 7.64. The van der Waals surface area contributed by atoms with Crippen LogP contribution in [0.3, 0.4) is 0 Å². The summed E-state index contributed by atoms with van der Waals surface area (Å²) in [5.41, 5.74) is 0. The molecule has 0 rings (SSSR count). The molecular formula is C8H15BrO3S. The van der Waals surface area contributed by atoms with E-state index in [2.05, 4.69) is 20.7 Å². The highest BCUT2D eigenvalue weighted by Gasteiger charge is 2.16. The quantitative estimate of drug-likeness (QED) is 0.586. The predicted molar refractivity (Wildman–Crippen MR) is 58.4 cm³/mol. The van der Waals surface area contributed by atoms with Crippen LogP contribution in [0.4, 0.5) is 0 Å². The molecule has 0 amide bonds. The lowest BCUT2D eigenvalue weighted by molar-refractivity contribution is -0.139. The van der Waals surface area contributed by atoms with Gasteiger partial charge in [-0.2, -0.15) is 11.8 Å². The van der Waals surface area contributed by atoms with Crippen LogP contribution in [0.2, 0.25) is 0 Å². The van der Waals surface area contributed by atoms with Gasteiger partial charge in [-0.3, -0.25) is 4.79 Å². The van der Waals surface area contributed by atoms with Crippen LogP contribution >= 0.6 is 27.7 Å². The van der Waals surface area contributed by atoms with Gasteiger partial charge in [-0.05, 0) is 6.42 Å². The fourth-order valence-electron chi connectivity index (χ4n) is 0.710. The molecule has 0 saturated carbocycles. The molecule has 13 heavy (non-hydrogen) atoms. The minimum absolute atomic E-state index is 0.194. The lowest BCUT2D eigenvalue weighted by Gasteiger charge is -2.11. The number of halogens is 1. The zero-order chi connectivity index (χ0) is 10.3. The number of carbonyl (C=O) groups is 1. The number of hydrogen-bond acceptors (Lipinski definition) is 4. The lowest BCUT2D eigenvalue weighted by Crippen LogP contribution is -2.19. The van der Waals surface area contributed by atoms with Crippen molar-refractivity contribution in [1.82, 2.24) is 0 Å². The second-order valence-corrected chi connectivity index (χ2v) is 5.22. The summed E-state index contributed by atoms with van der Waals surface area (Å²) in [6.07, 6.45) is 0.756. The van der Waals surface area contributed by atoms with Crippen LogP contribution in [0.15, 0.2) is 0 Å². The smallest absolute Gasteiger partial charge is 0.320 e. The van der Waals surface area contributed by atoms with Crippen molar-refractivity contribution < 1.29 is 14.6 Å². The van der Waals surface area contributed by atoms with Crippen LogP contribution in [-0.2, 0) is 9.53 Å². The Morgan fingerprint density at radius 3 is 2.77 bits per heavy atom. The highest BCUT2D eigenvalue weighted by Crippen LogP contribution is 2.18. The van der Waals surface area contributed by atoms with Crippen LogP contribution in [0.5, 0.6) is 0 Å². The van der Waals surface area contributed by atoms with Gasteiger partial charge >= 0.3 is 5.97 Å². The maximum atomic E-state index is 11.0. The highest BCUT2D eigenvalue weighted by molar-refractivity contribution is 9.10. The molecule has 78 valence electrons. The van der Waals surface area contributed by atoms with E-state index >= 15 is 0 Å². The predicted octanol–water partition coefficient (Wildman–Crippen LogP) is 1.43. The fourth-order valence-corrected chi connectivity index (χ4v) is 2.26. The van der Waals surface area contributed by atoms with Crippen molar-refractivity contribution in [3.8, 4) is 0 Å². The fraction of sp³-hybridized carbons (Fsp3) is 0.875. The van der Waals surface area contributed by atoms with Gasteiger partial charge in [0.05, 0.1) is 7.11 Å². The molecule has 0 aromatic rings. The summed E-state index contributed by atoms with van der Waals surface area (Å²) >= 11 is 4.87. The molecule has 2 atom stereocenters. The number of hydrogen-bond donors (Lipinski definition) is 1. The molecule has 0 spiro atoms. The first-order chi connectivity index (χ1) is 6.11. The molecule has 0 aromatic carbocycles. The van der Waals surface area contributed by atoms with Gasteiger partial charge in [0.1, 0.15) is 4.83 Å². The molecule has 0 saturated heterocycles. The number of aliphatic hydroxyl groups is 1. The van der Waals surface area contributed by atoms with E-state index in [1.807, 2.05) is 6.92 Å². The molecule has 3 nitrogen and oxygen atoms in total. The standard InChI is InChI=1S/C8H15BrO3S/c1-6(3-4-10)13-5-7(9)8(11)12-2/h6-7,10H,3-5H2,1-2H3. The molecule has 0 aromatic heterocycles. The van der Waals surface area contributed by atoms with Crippen molar-refractivity contribution >= 4 is 33.7 Å². The van der Waals surface area contributed by atoms with E-state index in [1.165, 1.54) is 7.11 Å². The molecule has 1 N–H and O–H groups in total. The van der Waals surface area contributed by atoms with Gasteiger partial charge in [-0.1, -0.05) is 22.9 Å². The van der Waals surface area contributed by atoms with E-state index in [4.69, 9.17) is 5.11 Å². The van der Waals surface area contributed by atoms with Gasteiger partial charge in [-0.15, -0.1) is 0 Å². The molecule has 0 heterocycles. The normalized spacial score (nSPS) is 15.1. The minimum Gasteiger partial charge on any atom is -0.468 e. The second-order valence-electron chi connectivity index (χ2n) is 2.65. The number of ether oxygens (including phenoxy) is 1. The number of esters is 1. The van der Waals surface area contributed by atoms with Crippen molar-refractivity contribution in [2.75, 3.05) is 19.5 Å². The molecule has 0 aliphatic heterocycles. The molecule has 0 radical (unpaired) electrons. The van der Waals surface area contributed by atoms with Crippen LogP contribution < -0.4 is 0 Å². The van der Waals surface area contributed by atoms with Crippen molar-refractivity contribution in [1.29, 1.82) is 0 Å². The Balaban J connectivity index is 3.56. The summed E-state index contributed by atoms with van der Waals surface area (Å²) in [5, 5.41) is 9.01.